The van der Waals surface area contributed by atoms with E-state index in [0.29, 0.717) is 23.6 Å². The minimum atomic E-state index is -0.995. The lowest BCUT2D eigenvalue weighted by atomic mass is 10.1. The number of carboxylic acid groups (broad SMARTS) is 1. The fourth-order valence-corrected chi connectivity index (χ4v) is 2.10. The number of benzene rings is 1. The standard InChI is InChI=1S/C16H19NO4/c1-3-4-5-8-21-15-13(20-2)7-6-11-9-12(16(18)19)10-17-14(11)15/h6-7,9-10H,3-5,8H2,1-2H3,(H,18,19). The van der Waals surface area contributed by atoms with Gasteiger partial charge in [-0.3, -0.25) is 4.98 Å². The van der Waals surface area contributed by atoms with Gasteiger partial charge >= 0.3 is 5.97 Å². The van der Waals surface area contributed by atoms with Crippen molar-refractivity contribution < 1.29 is 19.4 Å². The normalized spacial score (nSPS) is 10.6. The first-order valence-electron chi connectivity index (χ1n) is 7.00. The highest BCUT2D eigenvalue weighted by molar-refractivity contribution is 5.94. The first kappa shape index (κ1) is 15.1. The predicted octanol–water partition coefficient (Wildman–Crippen LogP) is 3.51. The molecule has 1 heterocycles. The Bertz CT molecular complexity index is 639. The van der Waals surface area contributed by atoms with Gasteiger partial charge in [0.25, 0.3) is 0 Å². The average molecular weight is 289 g/mol. The highest BCUT2D eigenvalue weighted by Gasteiger charge is 2.13. The number of carbonyl (C=O) groups is 1. The van der Waals surface area contributed by atoms with Crippen LogP contribution in [0.5, 0.6) is 11.5 Å². The van der Waals surface area contributed by atoms with Crippen molar-refractivity contribution in [2.45, 2.75) is 26.2 Å². The molecule has 1 N–H and O–H groups in total. The van der Waals surface area contributed by atoms with Crippen LogP contribution in [0.1, 0.15) is 36.5 Å². The SMILES string of the molecule is CCCCCOc1c(OC)ccc2cc(C(=O)O)cnc12. The van der Waals surface area contributed by atoms with Crippen LogP contribution >= 0.6 is 0 Å². The van der Waals surface area contributed by atoms with Crippen molar-refractivity contribution in [2.75, 3.05) is 13.7 Å². The van der Waals surface area contributed by atoms with E-state index in [-0.39, 0.29) is 5.56 Å². The van der Waals surface area contributed by atoms with Crippen LogP contribution in [0.25, 0.3) is 10.9 Å². The zero-order valence-corrected chi connectivity index (χ0v) is 12.3. The third-order valence-electron chi connectivity index (χ3n) is 3.23. The molecule has 1 aromatic heterocycles. The van der Waals surface area contributed by atoms with Gasteiger partial charge in [-0.1, -0.05) is 19.8 Å². The fourth-order valence-electron chi connectivity index (χ4n) is 2.10. The quantitative estimate of drug-likeness (QED) is 0.790. The van der Waals surface area contributed by atoms with E-state index < -0.39 is 5.97 Å². The number of aromatic carboxylic acids is 1. The molecule has 5 nitrogen and oxygen atoms in total. The van der Waals surface area contributed by atoms with E-state index in [9.17, 15) is 4.79 Å². The molecular weight excluding hydrogens is 270 g/mol. The molecule has 2 rings (SSSR count). The second kappa shape index (κ2) is 6.92. The van der Waals surface area contributed by atoms with Crippen molar-refractivity contribution in [1.29, 1.82) is 0 Å². The van der Waals surface area contributed by atoms with Gasteiger partial charge in [0.15, 0.2) is 11.5 Å². The Hall–Kier alpha value is -2.30. The monoisotopic (exact) mass is 289 g/mol. The minimum Gasteiger partial charge on any atom is -0.493 e. The lowest BCUT2D eigenvalue weighted by molar-refractivity contribution is 0.0696. The number of methoxy groups -OCH3 is 1. The molecular formula is C16H19NO4. The van der Waals surface area contributed by atoms with E-state index in [1.54, 1.807) is 25.3 Å². The molecule has 21 heavy (non-hydrogen) atoms. The number of fused-ring (bicyclic) bond motifs is 1. The van der Waals surface area contributed by atoms with E-state index >= 15 is 0 Å². The summed E-state index contributed by atoms with van der Waals surface area (Å²) in [5.74, 6) is 0.184. The van der Waals surface area contributed by atoms with E-state index in [1.807, 2.05) is 0 Å². The van der Waals surface area contributed by atoms with Crippen LogP contribution in [0.4, 0.5) is 0 Å². The van der Waals surface area contributed by atoms with Crippen molar-refractivity contribution in [3.63, 3.8) is 0 Å². The molecule has 2 aromatic rings. The number of aromatic nitrogens is 1. The topological polar surface area (TPSA) is 68.7 Å². The van der Waals surface area contributed by atoms with Crippen LogP contribution < -0.4 is 9.47 Å². The summed E-state index contributed by atoms with van der Waals surface area (Å²) in [5, 5.41) is 9.74. The second-order valence-electron chi connectivity index (χ2n) is 4.75. The van der Waals surface area contributed by atoms with Gasteiger partial charge in [-0.2, -0.15) is 0 Å². The average Bonchev–Trinajstić information content (AvgIpc) is 2.50. The number of hydrogen-bond acceptors (Lipinski definition) is 4. The summed E-state index contributed by atoms with van der Waals surface area (Å²) in [6.07, 6.45) is 4.52. The Morgan fingerprint density at radius 2 is 2.14 bits per heavy atom. The van der Waals surface area contributed by atoms with Gasteiger partial charge < -0.3 is 14.6 Å². The van der Waals surface area contributed by atoms with E-state index in [4.69, 9.17) is 14.6 Å². The third kappa shape index (κ3) is 3.42. The number of rotatable bonds is 7. The molecule has 0 radical (unpaired) electrons. The summed E-state index contributed by atoms with van der Waals surface area (Å²) in [6.45, 7) is 2.72. The van der Waals surface area contributed by atoms with Crippen LogP contribution in [-0.4, -0.2) is 29.8 Å². The van der Waals surface area contributed by atoms with E-state index in [1.165, 1.54) is 6.20 Å². The number of carboxylic acids is 1. The van der Waals surface area contributed by atoms with E-state index in [0.717, 1.165) is 24.6 Å². The number of ether oxygens (including phenoxy) is 2. The summed E-state index contributed by atoms with van der Waals surface area (Å²) in [6, 6.07) is 5.14. The highest BCUT2D eigenvalue weighted by Crippen LogP contribution is 2.34. The third-order valence-corrected chi connectivity index (χ3v) is 3.23. The molecule has 0 aliphatic rings. The molecule has 0 aliphatic carbocycles. The molecule has 0 spiro atoms. The summed E-state index contributed by atoms with van der Waals surface area (Å²) in [7, 11) is 1.58. The molecule has 0 saturated carbocycles. The van der Waals surface area contributed by atoms with Crippen molar-refractivity contribution in [2.24, 2.45) is 0 Å². The number of unbranched alkanes of at least 4 members (excludes halogenated alkanes) is 2. The number of hydrogen-bond donors (Lipinski definition) is 1. The van der Waals surface area contributed by atoms with Crippen LogP contribution in [-0.2, 0) is 0 Å². The Morgan fingerprint density at radius 1 is 1.33 bits per heavy atom. The summed E-state index contributed by atoms with van der Waals surface area (Å²) >= 11 is 0. The first-order valence-corrected chi connectivity index (χ1v) is 7.00. The smallest absolute Gasteiger partial charge is 0.337 e. The first-order chi connectivity index (χ1) is 10.2. The lowest BCUT2D eigenvalue weighted by Crippen LogP contribution is -2.02. The zero-order chi connectivity index (χ0) is 15.2. The Labute approximate surface area is 123 Å². The van der Waals surface area contributed by atoms with Gasteiger partial charge in [-0.15, -0.1) is 0 Å². The maximum atomic E-state index is 11.0. The lowest BCUT2D eigenvalue weighted by Gasteiger charge is -2.13. The second-order valence-corrected chi connectivity index (χ2v) is 4.75. The molecule has 0 saturated heterocycles. The van der Waals surface area contributed by atoms with Crippen LogP contribution in [0.15, 0.2) is 24.4 Å². The molecule has 0 bridgehead atoms. The highest BCUT2D eigenvalue weighted by atomic mass is 16.5. The molecule has 0 amide bonds. The van der Waals surface area contributed by atoms with Gasteiger partial charge in [-0.05, 0) is 24.6 Å². The van der Waals surface area contributed by atoms with Gasteiger partial charge in [0.2, 0.25) is 0 Å². The van der Waals surface area contributed by atoms with Crippen LogP contribution in [0.2, 0.25) is 0 Å². The molecule has 0 unspecified atom stereocenters. The Kier molecular flexibility index (Phi) is 4.98. The van der Waals surface area contributed by atoms with E-state index in [2.05, 4.69) is 11.9 Å². The summed E-state index contributed by atoms with van der Waals surface area (Å²) < 4.78 is 11.1. The molecule has 112 valence electrons. The Morgan fingerprint density at radius 3 is 2.81 bits per heavy atom. The van der Waals surface area contributed by atoms with Gasteiger partial charge in [0.1, 0.15) is 5.52 Å². The fraction of sp³-hybridized carbons (Fsp3) is 0.375. The molecule has 0 fully saturated rings. The van der Waals surface area contributed by atoms with Crippen molar-refractivity contribution in [3.05, 3.63) is 30.0 Å². The summed E-state index contributed by atoms with van der Waals surface area (Å²) in [4.78, 5) is 15.2. The number of pyridine rings is 1. The molecule has 0 atom stereocenters. The minimum absolute atomic E-state index is 0.157. The van der Waals surface area contributed by atoms with Crippen LogP contribution in [0.3, 0.4) is 0 Å². The number of nitrogens with zero attached hydrogens (tertiary/aromatic N) is 1. The van der Waals surface area contributed by atoms with Gasteiger partial charge in [0, 0.05) is 11.6 Å². The van der Waals surface area contributed by atoms with Crippen molar-refractivity contribution >= 4 is 16.9 Å². The van der Waals surface area contributed by atoms with Gasteiger partial charge in [0.05, 0.1) is 19.3 Å². The molecule has 0 aliphatic heterocycles. The maximum absolute atomic E-state index is 11.0. The zero-order valence-electron chi connectivity index (χ0n) is 12.3. The van der Waals surface area contributed by atoms with Crippen LogP contribution in [0, 0.1) is 0 Å². The molecule has 5 heteroatoms. The maximum Gasteiger partial charge on any atom is 0.337 e. The molecule has 1 aromatic carbocycles. The largest absolute Gasteiger partial charge is 0.493 e. The summed E-state index contributed by atoms with van der Waals surface area (Å²) in [5.41, 5.74) is 0.778. The van der Waals surface area contributed by atoms with Gasteiger partial charge in [-0.25, -0.2) is 4.79 Å². The Balaban J connectivity index is 2.37. The van der Waals surface area contributed by atoms with Crippen molar-refractivity contribution in [1.82, 2.24) is 4.98 Å². The van der Waals surface area contributed by atoms with Crippen molar-refractivity contribution in [3.8, 4) is 11.5 Å². The predicted molar refractivity (Wildman–Crippen MR) is 80.3 cm³/mol.